The Balaban J connectivity index is 0. The van der Waals surface area contributed by atoms with E-state index in [-0.39, 0.29) is 6.54 Å². The Labute approximate surface area is 75.5 Å². The highest BCUT2D eigenvalue weighted by atomic mass is 19.3. The van der Waals surface area contributed by atoms with E-state index in [1.165, 1.54) is 6.92 Å². The van der Waals surface area contributed by atoms with Crippen LogP contribution in [0.15, 0.2) is 0 Å². The number of rotatable bonds is 3. The number of alkyl halides is 2. The first kappa shape index (κ1) is 14.3. The van der Waals surface area contributed by atoms with Gasteiger partial charge < -0.3 is 11.1 Å². The van der Waals surface area contributed by atoms with Gasteiger partial charge >= 0.3 is 11.8 Å². The van der Waals surface area contributed by atoms with E-state index >= 15 is 0 Å². The van der Waals surface area contributed by atoms with E-state index in [1.54, 1.807) is 5.32 Å². The zero-order valence-corrected chi connectivity index (χ0v) is 7.86. The van der Waals surface area contributed by atoms with E-state index in [9.17, 15) is 18.4 Å². The number of amides is 2. The van der Waals surface area contributed by atoms with Gasteiger partial charge in [-0.25, -0.2) is 0 Å². The highest BCUT2D eigenvalue weighted by molar-refractivity contribution is 6.05. The fourth-order valence-electron chi connectivity index (χ4n) is 0.383. The van der Waals surface area contributed by atoms with Crippen molar-refractivity contribution in [2.24, 2.45) is 5.73 Å². The minimum absolute atomic E-state index is 0.0295. The van der Waals surface area contributed by atoms with Gasteiger partial charge in [0.25, 0.3) is 5.91 Å². The van der Waals surface area contributed by atoms with Crippen molar-refractivity contribution in [1.82, 2.24) is 5.32 Å². The number of carbonyl (C=O) groups excluding carboxylic acids is 2. The molecule has 0 unspecified atom stereocenters. The van der Waals surface area contributed by atoms with Crippen LogP contribution in [0.5, 0.6) is 0 Å². The summed E-state index contributed by atoms with van der Waals surface area (Å²) >= 11 is 0. The highest BCUT2D eigenvalue weighted by Crippen LogP contribution is 2.11. The summed E-state index contributed by atoms with van der Waals surface area (Å²) in [5, 5.41) is 1.78. The third-order valence-corrected chi connectivity index (χ3v) is 0.932. The first-order chi connectivity index (χ1) is 5.92. The second kappa shape index (κ2) is 6.33. The number of carbonyl (C=O) groups is 2. The number of hydrogen-bond donors (Lipinski definition) is 2. The van der Waals surface area contributed by atoms with Crippen LogP contribution in [0.3, 0.4) is 0 Å². The zero-order valence-electron chi connectivity index (χ0n) is 7.86. The zero-order chi connectivity index (χ0) is 11.1. The monoisotopic (exact) mass is 196 g/mol. The van der Waals surface area contributed by atoms with Crippen molar-refractivity contribution >= 4 is 11.8 Å². The van der Waals surface area contributed by atoms with E-state index in [4.69, 9.17) is 0 Å². The second-order valence-electron chi connectivity index (χ2n) is 1.80. The Morgan fingerprint density at radius 2 is 1.77 bits per heavy atom. The normalized spacial score (nSPS) is 9.62. The molecule has 3 N–H and O–H groups in total. The molecule has 0 aromatic rings. The van der Waals surface area contributed by atoms with E-state index in [0.29, 0.717) is 0 Å². The van der Waals surface area contributed by atoms with Crippen LogP contribution in [0.2, 0.25) is 0 Å². The lowest BCUT2D eigenvalue weighted by molar-refractivity contribution is -0.157. The average molecular weight is 196 g/mol. The fraction of sp³-hybridized carbons (Fsp3) is 0.714. The number of primary amides is 1. The molecule has 0 aromatic carbocycles. The molecule has 6 heteroatoms. The molecule has 0 bridgehead atoms. The molecule has 78 valence electrons. The van der Waals surface area contributed by atoms with Crippen LogP contribution in [0.1, 0.15) is 20.8 Å². The molecule has 0 aromatic heterocycles. The van der Waals surface area contributed by atoms with E-state index in [2.05, 4.69) is 5.73 Å². The van der Waals surface area contributed by atoms with E-state index in [0.717, 1.165) is 0 Å². The maximum atomic E-state index is 12.2. The summed E-state index contributed by atoms with van der Waals surface area (Å²) in [6.45, 7) is 5.48. The van der Waals surface area contributed by atoms with Crippen LogP contribution in [-0.2, 0) is 9.59 Å². The lowest BCUT2D eigenvalue weighted by Crippen LogP contribution is -2.49. The molecule has 0 heterocycles. The smallest absolute Gasteiger partial charge is 0.364 e. The summed E-state index contributed by atoms with van der Waals surface area (Å²) in [6.07, 6.45) is 0. The molecular formula is C7H14F2N2O2. The van der Waals surface area contributed by atoms with Crippen LogP contribution in [-0.4, -0.2) is 24.3 Å². The van der Waals surface area contributed by atoms with Crippen LogP contribution in [0, 0.1) is 0 Å². The molecule has 0 radical (unpaired) electrons. The quantitative estimate of drug-likeness (QED) is 0.636. The Kier molecular flexibility index (Phi) is 6.98. The predicted molar refractivity (Wildman–Crippen MR) is 44.2 cm³/mol. The topological polar surface area (TPSA) is 72.2 Å². The van der Waals surface area contributed by atoms with Crippen molar-refractivity contribution in [1.29, 1.82) is 0 Å². The summed E-state index contributed by atoms with van der Waals surface area (Å²) in [4.78, 5) is 20.3. The van der Waals surface area contributed by atoms with Crippen LogP contribution >= 0.6 is 0 Å². The van der Waals surface area contributed by atoms with Gasteiger partial charge in [0.15, 0.2) is 0 Å². The van der Waals surface area contributed by atoms with Gasteiger partial charge in [-0.2, -0.15) is 8.78 Å². The Bertz CT molecular complexity index is 183. The molecule has 4 nitrogen and oxygen atoms in total. The van der Waals surface area contributed by atoms with Crippen LogP contribution < -0.4 is 11.1 Å². The second-order valence-corrected chi connectivity index (χ2v) is 1.80. The summed E-state index contributed by atoms with van der Waals surface area (Å²) < 4.78 is 24.5. The summed E-state index contributed by atoms with van der Waals surface area (Å²) in [6, 6.07) is 0. The molecule has 13 heavy (non-hydrogen) atoms. The Morgan fingerprint density at radius 3 is 2.00 bits per heavy atom. The van der Waals surface area contributed by atoms with Gasteiger partial charge in [-0.1, -0.05) is 13.8 Å². The van der Waals surface area contributed by atoms with Crippen LogP contribution in [0.25, 0.3) is 0 Å². The van der Waals surface area contributed by atoms with Gasteiger partial charge in [-0.05, 0) is 6.92 Å². The van der Waals surface area contributed by atoms with Crippen molar-refractivity contribution in [3.8, 4) is 0 Å². The van der Waals surface area contributed by atoms with E-state index in [1.807, 2.05) is 13.8 Å². The largest absolute Gasteiger partial charge is 0.400 e. The third kappa shape index (κ3) is 4.39. The molecule has 0 saturated heterocycles. The standard InChI is InChI=1S/C5H8F2N2O2.C2H6/c1-2-9-4(11)5(6,7)3(8)10;1-2/h2H2,1H3,(H2,8,10)(H,9,11);1-2H3. The number of nitrogens with two attached hydrogens (primary N) is 1. The number of nitrogens with one attached hydrogen (secondary N) is 1. The van der Waals surface area contributed by atoms with Gasteiger partial charge in [0, 0.05) is 6.54 Å². The van der Waals surface area contributed by atoms with Crippen LogP contribution in [0.4, 0.5) is 8.78 Å². The number of halogens is 2. The summed E-state index contributed by atoms with van der Waals surface area (Å²) in [7, 11) is 0. The summed E-state index contributed by atoms with van der Waals surface area (Å²) in [5.41, 5.74) is 4.25. The van der Waals surface area contributed by atoms with E-state index < -0.39 is 17.7 Å². The Morgan fingerprint density at radius 1 is 1.38 bits per heavy atom. The molecule has 0 rings (SSSR count). The van der Waals surface area contributed by atoms with Gasteiger partial charge in [0.05, 0.1) is 0 Å². The molecule has 0 aliphatic carbocycles. The van der Waals surface area contributed by atoms with Crippen molar-refractivity contribution in [3.05, 3.63) is 0 Å². The van der Waals surface area contributed by atoms with Crippen molar-refractivity contribution in [2.45, 2.75) is 26.7 Å². The van der Waals surface area contributed by atoms with Gasteiger partial charge in [-0.15, -0.1) is 0 Å². The molecule has 0 fully saturated rings. The van der Waals surface area contributed by atoms with Crippen molar-refractivity contribution in [2.75, 3.05) is 6.54 Å². The van der Waals surface area contributed by atoms with Gasteiger partial charge in [-0.3, -0.25) is 9.59 Å². The molecule has 0 spiro atoms. The minimum Gasteiger partial charge on any atom is -0.364 e. The third-order valence-electron chi connectivity index (χ3n) is 0.932. The SMILES string of the molecule is CC.CCNC(=O)C(F)(F)C(N)=O. The average Bonchev–Trinajstić information content (AvgIpc) is 2.08. The first-order valence-corrected chi connectivity index (χ1v) is 3.89. The minimum atomic E-state index is -4.10. The molecule has 2 amide bonds. The molecule has 0 atom stereocenters. The van der Waals surface area contributed by atoms with Gasteiger partial charge in [0.1, 0.15) is 0 Å². The maximum Gasteiger partial charge on any atom is 0.400 e. The lowest BCUT2D eigenvalue weighted by atomic mass is 10.3. The Hall–Kier alpha value is -1.20. The molecule has 0 aliphatic rings. The van der Waals surface area contributed by atoms with Crippen molar-refractivity contribution < 1.29 is 18.4 Å². The molecule has 0 saturated carbocycles. The van der Waals surface area contributed by atoms with Gasteiger partial charge in [0.2, 0.25) is 0 Å². The molecular weight excluding hydrogens is 182 g/mol. The number of hydrogen-bond acceptors (Lipinski definition) is 2. The first-order valence-electron chi connectivity index (χ1n) is 3.89. The fourth-order valence-corrected chi connectivity index (χ4v) is 0.383. The lowest BCUT2D eigenvalue weighted by Gasteiger charge is -2.10. The molecule has 0 aliphatic heterocycles. The van der Waals surface area contributed by atoms with Crippen molar-refractivity contribution in [3.63, 3.8) is 0 Å². The summed E-state index contributed by atoms with van der Waals surface area (Å²) in [5.74, 6) is -7.70. The highest BCUT2D eigenvalue weighted by Gasteiger charge is 2.45. The maximum absolute atomic E-state index is 12.2. The predicted octanol–water partition coefficient (Wildman–Crippen LogP) is 0.269.